The summed E-state index contributed by atoms with van der Waals surface area (Å²) in [6.07, 6.45) is -0.534. The molecule has 2 aliphatic heterocycles. The summed E-state index contributed by atoms with van der Waals surface area (Å²) in [7, 11) is 0. The van der Waals surface area contributed by atoms with Crippen molar-refractivity contribution < 1.29 is 23.9 Å². The number of benzene rings is 1. The standard InChI is InChI=1S/C14H13NO5S/c16-12(20-9-5-6-19-14(9)18)7-11-13(17)15-8-3-1-2-4-10(8)21-11/h1-4,9,11H,5-7H2,(H,15,17)/t9-,11-/m1/s1. The van der Waals surface area contributed by atoms with Gasteiger partial charge in [0.15, 0.2) is 0 Å². The first-order valence-corrected chi connectivity index (χ1v) is 7.44. The summed E-state index contributed by atoms with van der Waals surface area (Å²) >= 11 is 1.32. The van der Waals surface area contributed by atoms with Gasteiger partial charge in [0, 0.05) is 11.3 Å². The predicted molar refractivity (Wildman–Crippen MR) is 74.8 cm³/mol. The average molecular weight is 307 g/mol. The molecule has 1 amide bonds. The maximum absolute atomic E-state index is 12.0. The number of esters is 2. The Kier molecular flexibility index (Phi) is 3.83. The molecule has 2 heterocycles. The summed E-state index contributed by atoms with van der Waals surface area (Å²) in [4.78, 5) is 36.0. The number of hydrogen-bond donors (Lipinski definition) is 1. The molecule has 0 bridgehead atoms. The van der Waals surface area contributed by atoms with Crippen LogP contribution in [0.4, 0.5) is 5.69 Å². The number of amides is 1. The third-order valence-corrected chi connectivity index (χ3v) is 4.49. The minimum absolute atomic E-state index is 0.0748. The Morgan fingerprint density at radius 2 is 2.19 bits per heavy atom. The van der Waals surface area contributed by atoms with Crippen molar-refractivity contribution in [1.29, 1.82) is 0 Å². The van der Waals surface area contributed by atoms with Gasteiger partial charge in [-0.3, -0.25) is 9.59 Å². The highest BCUT2D eigenvalue weighted by molar-refractivity contribution is 8.01. The van der Waals surface area contributed by atoms with E-state index in [0.717, 1.165) is 10.6 Å². The molecule has 0 aliphatic carbocycles. The van der Waals surface area contributed by atoms with E-state index in [1.54, 1.807) is 0 Å². The average Bonchev–Trinajstić information content (AvgIpc) is 2.85. The van der Waals surface area contributed by atoms with Crippen molar-refractivity contribution in [3.8, 4) is 0 Å². The van der Waals surface area contributed by atoms with Crippen LogP contribution in [-0.2, 0) is 23.9 Å². The molecule has 0 unspecified atom stereocenters. The Morgan fingerprint density at radius 3 is 2.95 bits per heavy atom. The molecule has 7 heteroatoms. The lowest BCUT2D eigenvalue weighted by Gasteiger charge is -2.23. The maximum atomic E-state index is 12.0. The Morgan fingerprint density at radius 1 is 1.38 bits per heavy atom. The largest absolute Gasteiger partial charge is 0.463 e. The van der Waals surface area contributed by atoms with E-state index in [0.29, 0.717) is 6.42 Å². The Balaban J connectivity index is 1.61. The number of cyclic esters (lactones) is 1. The zero-order chi connectivity index (χ0) is 14.8. The fourth-order valence-corrected chi connectivity index (χ4v) is 3.26. The van der Waals surface area contributed by atoms with E-state index in [-0.39, 0.29) is 18.9 Å². The zero-order valence-corrected chi connectivity index (χ0v) is 11.9. The second kappa shape index (κ2) is 5.77. The van der Waals surface area contributed by atoms with E-state index >= 15 is 0 Å². The van der Waals surface area contributed by atoms with Crippen molar-refractivity contribution in [2.45, 2.75) is 29.1 Å². The second-order valence-corrected chi connectivity index (χ2v) is 5.98. The number of rotatable bonds is 3. The lowest BCUT2D eigenvalue weighted by Crippen LogP contribution is -2.33. The van der Waals surface area contributed by atoms with Gasteiger partial charge in [0.05, 0.1) is 24.0 Å². The highest BCUT2D eigenvalue weighted by Gasteiger charge is 2.33. The number of anilines is 1. The molecule has 21 heavy (non-hydrogen) atoms. The molecule has 0 spiro atoms. The summed E-state index contributed by atoms with van der Waals surface area (Å²) in [6.45, 7) is 0.267. The van der Waals surface area contributed by atoms with Crippen LogP contribution in [0, 0.1) is 0 Å². The van der Waals surface area contributed by atoms with E-state index < -0.39 is 23.3 Å². The predicted octanol–water partition coefficient (Wildman–Crippen LogP) is 1.35. The molecule has 2 aliphatic rings. The first-order valence-electron chi connectivity index (χ1n) is 6.56. The summed E-state index contributed by atoms with van der Waals surface area (Å²) < 4.78 is 9.78. The number of ether oxygens (including phenoxy) is 2. The third kappa shape index (κ3) is 3.02. The first-order chi connectivity index (χ1) is 10.1. The number of carbonyl (C=O) groups excluding carboxylic acids is 3. The first kappa shape index (κ1) is 13.9. The van der Waals surface area contributed by atoms with E-state index in [9.17, 15) is 14.4 Å². The fraction of sp³-hybridized carbons (Fsp3) is 0.357. The summed E-state index contributed by atoms with van der Waals surface area (Å²) in [6, 6.07) is 7.39. The molecule has 1 N–H and O–H groups in total. The van der Waals surface area contributed by atoms with Crippen molar-refractivity contribution >= 4 is 35.3 Å². The van der Waals surface area contributed by atoms with Crippen LogP contribution in [0.1, 0.15) is 12.8 Å². The molecule has 0 radical (unpaired) electrons. The van der Waals surface area contributed by atoms with Gasteiger partial charge in [-0.2, -0.15) is 0 Å². The van der Waals surface area contributed by atoms with Crippen molar-refractivity contribution in [3.63, 3.8) is 0 Å². The normalized spacial score (nSPS) is 24.0. The van der Waals surface area contributed by atoms with Gasteiger partial charge in [-0.1, -0.05) is 12.1 Å². The molecule has 1 fully saturated rings. The SMILES string of the molecule is O=C(C[C@H]1Sc2ccccc2NC1=O)O[C@@H]1CCOC1=O. The molecule has 6 nitrogen and oxygen atoms in total. The van der Waals surface area contributed by atoms with Gasteiger partial charge >= 0.3 is 11.9 Å². The molecule has 110 valence electrons. The van der Waals surface area contributed by atoms with Crippen LogP contribution in [-0.4, -0.2) is 35.8 Å². The smallest absolute Gasteiger partial charge is 0.347 e. The van der Waals surface area contributed by atoms with Gasteiger partial charge < -0.3 is 14.8 Å². The van der Waals surface area contributed by atoms with Crippen LogP contribution in [0.15, 0.2) is 29.2 Å². The van der Waals surface area contributed by atoms with Crippen molar-refractivity contribution in [1.82, 2.24) is 0 Å². The van der Waals surface area contributed by atoms with E-state index in [1.165, 1.54) is 11.8 Å². The number of hydrogen-bond acceptors (Lipinski definition) is 6. The van der Waals surface area contributed by atoms with Crippen LogP contribution in [0.2, 0.25) is 0 Å². The lowest BCUT2D eigenvalue weighted by molar-refractivity contribution is -0.160. The fourth-order valence-electron chi connectivity index (χ4n) is 2.17. The highest BCUT2D eigenvalue weighted by atomic mass is 32.2. The number of para-hydroxylation sites is 1. The Hall–Kier alpha value is -2.02. The molecule has 0 aromatic heterocycles. The minimum atomic E-state index is -0.832. The molecule has 0 saturated carbocycles. The van der Waals surface area contributed by atoms with Crippen molar-refractivity contribution in [2.24, 2.45) is 0 Å². The van der Waals surface area contributed by atoms with E-state index in [2.05, 4.69) is 5.32 Å². The third-order valence-electron chi connectivity index (χ3n) is 3.22. The molecular weight excluding hydrogens is 294 g/mol. The highest BCUT2D eigenvalue weighted by Crippen LogP contribution is 2.36. The summed E-state index contributed by atoms with van der Waals surface area (Å²) in [5.74, 6) is -1.31. The molecule has 1 saturated heterocycles. The molecule has 1 aromatic rings. The molecule has 2 atom stereocenters. The van der Waals surface area contributed by atoms with Crippen molar-refractivity contribution in [3.05, 3.63) is 24.3 Å². The van der Waals surface area contributed by atoms with Crippen LogP contribution in [0.25, 0.3) is 0 Å². The molecule has 3 rings (SSSR count). The second-order valence-electron chi connectivity index (χ2n) is 4.73. The van der Waals surface area contributed by atoms with E-state index in [1.807, 2.05) is 24.3 Å². The van der Waals surface area contributed by atoms with Gasteiger partial charge in [0.1, 0.15) is 0 Å². The topological polar surface area (TPSA) is 81.7 Å². The van der Waals surface area contributed by atoms with Crippen LogP contribution in [0.5, 0.6) is 0 Å². The molecular formula is C14H13NO5S. The number of thioether (sulfide) groups is 1. The zero-order valence-electron chi connectivity index (χ0n) is 11.0. The summed E-state index contributed by atoms with van der Waals surface area (Å²) in [5.41, 5.74) is 0.747. The maximum Gasteiger partial charge on any atom is 0.347 e. The van der Waals surface area contributed by atoms with Gasteiger partial charge in [-0.15, -0.1) is 11.8 Å². The van der Waals surface area contributed by atoms with Crippen molar-refractivity contribution in [2.75, 3.05) is 11.9 Å². The van der Waals surface area contributed by atoms with Crippen LogP contribution >= 0.6 is 11.8 Å². The number of nitrogens with one attached hydrogen (secondary N) is 1. The minimum Gasteiger partial charge on any atom is -0.463 e. The molecule has 1 aromatic carbocycles. The van der Waals surface area contributed by atoms with Crippen LogP contribution < -0.4 is 5.32 Å². The monoisotopic (exact) mass is 307 g/mol. The Bertz CT molecular complexity index is 603. The lowest BCUT2D eigenvalue weighted by atomic mass is 10.2. The Labute approximate surface area is 125 Å². The van der Waals surface area contributed by atoms with Gasteiger partial charge in [-0.05, 0) is 12.1 Å². The van der Waals surface area contributed by atoms with Gasteiger partial charge in [0.2, 0.25) is 12.0 Å². The van der Waals surface area contributed by atoms with Gasteiger partial charge in [0.25, 0.3) is 0 Å². The van der Waals surface area contributed by atoms with Crippen LogP contribution in [0.3, 0.4) is 0 Å². The quantitative estimate of drug-likeness (QED) is 0.849. The summed E-state index contributed by atoms with van der Waals surface area (Å²) in [5, 5.41) is 2.21. The van der Waals surface area contributed by atoms with Gasteiger partial charge in [-0.25, -0.2) is 4.79 Å². The number of carbonyl (C=O) groups is 3. The van der Waals surface area contributed by atoms with E-state index in [4.69, 9.17) is 9.47 Å². The number of fused-ring (bicyclic) bond motifs is 1.